The van der Waals surface area contributed by atoms with Crippen LogP contribution >= 0.6 is 0 Å². The molecular weight excluding hydrogens is 400 g/mol. The van der Waals surface area contributed by atoms with Crippen LogP contribution in [-0.4, -0.2) is 41.3 Å². The molecule has 1 aliphatic carbocycles. The zero-order chi connectivity index (χ0) is 23.0. The van der Waals surface area contributed by atoms with Gasteiger partial charge in [-0.3, -0.25) is 4.98 Å². The average molecular weight is 439 g/mol. The Labute approximate surface area is 192 Å². The zero-order valence-corrected chi connectivity index (χ0v) is 19.5. The van der Waals surface area contributed by atoms with Crippen LogP contribution < -0.4 is 16.8 Å². The molecule has 5 N–H and O–H groups in total. The fraction of sp³-hybridized carbons (Fsp3) is 0.480. The highest BCUT2D eigenvalue weighted by Gasteiger charge is 2.04. The van der Waals surface area contributed by atoms with Gasteiger partial charge in [-0.25, -0.2) is 9.97 Å². The van der Waals surface area contributed by atoms with Crippen molar-refractivity contribution >= 4 is 22.4 Å². The molecule has 2 aromatic heterocycles. The summed E-state index contributed by atoms with van der Waals surface area (Å²) in [6.45, 7) is 7.83. The summed E-state index contributed by atoms with van der Waals surface area (Å²) in [5.74, 6) is 0.471. The highest BCUT2D eigenvalue weighted by Crippen LogP contribution is 2.26. The number of hydrogen-bond donors (Lipinski definition) is 3. The highest BCUT2D eigenvalue weighted by molar-refractivity contribution is 5.91. The molecule has 0 amide bonds. The normalized spacial score (nSPS) is 15.2. The predicted molar refractivity (Wildman–Crippen MR) is 134 cm³/mol. The molecule has 7 heteroatoms. The lowest BCUT2D eigenvalue weighted by molar-refractivity contribution is 0.109. The van der Waals surface area contributed by atoms with Gasteiger partial charge < -0.3 is 21.5 Å². The number of nitrogen functional groups attached to an aromatic ring is 2. The minimum Gasteiger partial charge on any atom is -0.397 e. The monoisotopic (exact) mass is 438 g/mol. The van der Waals surface area contributed by atoms with Gasteiger partial charge in [0.25, 0.3) is 0 Å². The van der Waals surface area contributed by atoms with Crippen LogP contribution in [0.1, 0.15) is 52.4 Å². The van der Waals surface area contributed by atoms with Crippen LogP contribution in [0.25, 0.3) is 22.0 Å². The first-order valence-electron chi connectivity index (χ1n) is 11.7. The van der Waals surface area contributed by atoms with Crippen molar-refractivity contribution in [3.8, 4) is 11.1 Å². The van der Waals surface area contributed by atoms with Crippen molar-refractivity contribution in [2.24, 2.45) is 0 Å². The van der Waals surface area contributed by atoms with Gasteiger partial charge in [0.05, 0.1) is 24.4 Å². The Morgan fingerprint density at radius 2 is 1.47 bits per heavy atom. The Kier molecular flexibility index (Phi) is 12.0. The molecule has 1 saturated heterocycles. The van der Waals surface area contributed by atoms with Gasteiger partial charge in [-0.1, -0.05) is 58.4 Å². The van der Waals surface area contributed by atoms with Crippen LogP contribution in [0.5, 0.6) is 0 Å². The van der Waals surface area contributed by atoms with Crippen LogP contribution in [0.4, 0.5) is 11.5 Å². The molecule has 0 radical (unpaired) electrons. The maximum absolute atomic E-state index is 5.84. The van der Waals surface area contributed by atoms with E-state index >= 15 is 0 Å². The first-order valence-corrected chi connectivity index (χ1v) is 11.7. The zero-order valence-electron chi connectivity index (χ0n) is 19.5. The molecule has 1 saturated carbocycles. The Balaban J connectivity index is 0.000000212. The molecule has 0 spiro atoms. The van der Waals surface area contributed by atoms with E-state index in [0.717, 1.165) is 48.3 Å². The van der Waals surface area contributed by atoms with Gasteiger partial charge in [0.15, 0.2) is 0 Å². The molecule has 174 valence electrons. The van der Waals surface area contributed by atoms with E-state index in [4.69, 9.17) is 16.2 Å². The second-order valence-corrected chi connectivity index (χ2v) is 7.48. The quantitative estimate of drug-likeness (QED) is 0.499. The van der Waals surface area contributed by atoms with Crippen molar-refractivity contribution < 1.29 is 4.74 Å². The van der Waals surface area contributed by atoms with Crippen LogP contribution in [0.3, 0.4) is 0 Å². The van der Waals surface area contributed by atoms with Gasteiger partial charge in [0, 0.05) is 36.4 Å². The molecule has 0 unspecified atom stereocenters. The SMILES string of the molecule is C1CCCCC1.C1COCCN1.CC.Nc1cncc(-c2ccc3ncnc(N)c3c2)c1. The van der Waals surface area contributed by atoms with E-state index in [2.05, 4.69) is 20.3 Å². The number of pyridine rings is 1. The van der Waals surface area contributed by atoms with E-state index in [1.54, 1.807) is 12.4 Å². The van der Waals surface area contributed by atoms with Gasteiger partial charge in [-0.05, 0) is 23.8 Å². The van der Waals surface area contributed by atoms with Crippen LogP contribution in [-0.2, 0) is 4.74 Å². The summed E-state index contributed by atoms with van der Waals surface area (Å²) >= 11 is 0. The van der Waals surface area contributed by atoms with Gasteiger partial charge in [-0.15, -0.1) is 0 Å². The van der Waals surface area contributed by atoms with Crippen molar-refractivity contribution in [1.82, 2.24) is 20.3 Å². The number of nitrogens with two attached hydrogens (primary N) is 2. The highest BCUT2D eigenvalue weighted by atomic mass is 16.5. The van der Waals surface area contributed by atoms with Gasteiger partial charge in [0.1, 0.15) is 12.1 Å². The maximum atomic E-state index is 5.84. The number of anilines is 2. The van der Waals surface area contributed by atoms with Crippen molar-refractivity contribution in [2.45, 2.75) is 52.4 Å². The van der Waals surface area contributed by atoms with Crippen LogP contribution in [0, 0.1) is 0 Å². The van der Waals surface area contributed by atoms with Crippen molar-refractivity contribution in [1.29, 1.82) is 0 Å². The Morgan fingerprint density at radius 3 is 2.00 bits per heavy atom. The molecule has 1 aliphatic heterocycles. The summed E-state index contributed by atoms with van der Waals surface area (Å²) in [6, 6.07) is 7.69. The lowest BCUT2D eigenvalue weighted by Crippen LogP contribution is -2.30. The van der Waals surface area contributed by atoms with Gasteiger partial charge in [0.2, 0.25) is 0 Å². The van der Waals surface area contributed by atoms with E-state index in [-0.39, 0.29) is 0 Å². The summed E-state index contributed by atoms with van der Waals surface area (Å²) in [6.07, 6.45) is 13.8. The molecule has 2 fully saturated rings. The Hall–Kier alpha value is -2.77. The van der Waals surface area contributed by atoms with Crippen LogP contribution in [0.15, 0.2) is 43.0 Å². The third-order valence-corrected chi connectivity index (χ3v) is 5.11. The van der Waals surface area contributed by atoms with Crippen LogP contribution in [0.2, 0.25) is 0 Å². The van der Waals surface area contributed by atoms with Gasteiger partial charge in [-0.2, -0.15) is 0 Å². The van der Waals surface area contributed by atoms with Gasteiger partial charge >= 0.3 is 0 Å². The summed E-state index contributed by atoms with van der Waals surface area (Å²) < 4.78 is 5.01. The number of morpholine rings is 1. The first kappa shape index (κ1) is 25.5. The average Bonchev–Trinajstić information content (AvgIpc) is 2.88. The number of ether oxygens (including phenoxy) is 1. The fourth-order valence-corrected chi connectivity index (χ4v) is 3.45. The summed E-state index contributed by atoms with van der Waals surface area (Å²) in [7, 11) is 0. The van der Waals surface area contributed by atoms with Crippen molar-refractivity contribution in [3.05, 3.63) is 43.0 Å². The second-order valence-electron chi connectivity index (χ2n) is 7.48. The molecule has 7 nitrogen and oxygen atoms in total. The summed E-state index contributed by atoms with van der Waals surface area (Å²) in [5.41, 5.74) is 15.0. The number of nitrogens with zero attached hydrogens (tertiary/aromatic N) is 3. The Bertz CT molecular complexity index is 875. The fourth-order valence-electron chi connectivity index (χ4n) is 3.45. The molecular formula is C25H38N6O. The Morgan fingerprint density at radius 1 is 0.812 bits per heavy atom. The number of rotatable bonds is 1. The second kappa shape index (κ2) is 15.1. The lowest BCUT2D eigenvalue weighted by atomic mass is 10.0. The van der Waals surface area contributed by atoms with E-state index in [0.29, 0.717) is 11.5 Å². The minimum absolute atomic E-state index is 0.471. The van der Waals surface area contributed by atoms with E-state index in [1.807, 2.05) is 38.1 Å². The molecule has 5 rings (SSSR count). The third-order valence-electron chi connectivity index (χ3n) is 5.11. The maximum Gasteiger partial charge on any atom is 0.134 e. The number of nitrogens with one attached hydrogen (secondary N) is 1. The largest absolute Gasteiger partial charge is 0.397 e. The number of hydrogen-bond acceptors (Lipinski definition) is 7. The lowest BCUT2D eigenvalue weighted by Gasteiger charge is -2.10. The smallest absolute Gasteiger partial charge is 0.134 e. The molecule has 3 heterocycles. The number of fused-ring (bicyclic) bond motifs is 1. The van der Waals surface area contributed by atoms with E-state index in [9.17, 15) is 0 Å². The molecule has 1 aromatic carbocycles. The van der Waals surface area contributed by atoms with Crippen molar-refractivity contribution in [3.63, 3.8) is 0 Å². The van der Waals surface area contributed by atoms with E-state index in [1.165, 1.54) is 44.9 Å². The minimum atomic E-state index is 0.471. The summed E-state index contributed by atoms with van der Waals surface area (Å²) in [5, 5.41) is 3.99. The number of aromatic nitrogens is 3. The molecule has 2 aliphatic rings. The number of benzene rings is 1. The first-order chi connectivity index (χ1) is 15.7. The molecule has 3 aromatic rings. The van der Waals surface area contributed by atoms with Crippen molar-refractivity contribution in [2.75, 3.05) is 37.8 Å². The predicted octanol–water partition coefficient (Wildman–Crippen LogP) is 4.83. The molecule has 0 bridgehead atoms. The topological polar surface area (TPSA) is 112 Å². The summed E-state index contributed by atoms with van der Waals surface area (Å²) in [4.78, 5) is 12.2. The standard InChI is InChI=1S/C13H11N5.C6H12.C4H9NO.C2H6/c14-10-3-9(5-16-6-10)8-1-2-12-11(4-8)13(15)18-7-17-12;1-2-4-6-5-3-1;1-3-6-4-2-5-1;1-2/h1-7H,14H2,(H2,15,17,18);1-6H2;5H,1-4H2;1-2H3. The molecule has 0 atom stereocenters. The molecule has 32 heavy (non-hydrogen) atoms. The van der Waals surface area contributed by atoms with E-state index < -0.39 is 0 Å². The third kappa shape index (κ3) is 8.77.